The van der Waals surface area contributed by atoms with Crippen LogP contribution in [0, 0.1) is 0 Å². The third-order valence-corrected chi connectivity index (χ3v) is 4.20. The van der Waals surface area contributed by atoms with Gasteiger partial charge in [0.15, 0.2) is 0 Å². The SMILES string of the molecule is CC(C)N1CCC2CCC(C1)N2C(C)C. The first kappa shape index (κ1) is 11.4. The minimum atomic E-state index is 0.721. The van der Waals surface area contributed by atoms with E-state index in [9.17, 15) is 0 Å². The van der Waals surface area contributed by atoms with Gasteiger partial charge in [0, 0.05) is 30.7 Å². The molecule has 2 unspecified atom stereocenters. The molecule has 88 valence electrons. The molecule has 0 radical (unpaired) electrons. The maximum atomic E-state index is 2.78. The fraction of sp³-hybridized carbons (Fsp3) is 1.00. The second-order valence-corrected chi connectivity index (χ2v) is 5.80. The molecule has 0 amide bonds. The number of hydrogen-bond acceptors (Lipinski definition) is 2. The van der Waals surface area contributed by atoms with Crippen molar-refractivity contribution in [3.05, 3.63) is 0 Å². The van der Waals surface area contributed by atoms with Crippen molar-refractivity contribution < 1.29 is 0 Å². The second-order valence-electron chi connectivity index (χ2n) is 5.80. The minimum Gasteiger partial charge on any atom is -0.299 e. The molecule has 0 aliphatic carbocycles. The monoisotopic (exact) mass is 210 g/mol. The van der Waals surface area contributed by atoms with Crippen molar-refractivity contribution in [2.75, 3.05) is 13.1 Å². The number of fused-ring (bicyclic) bond motifs is 2. The van der Waals surface area contributed by atoms with Crippen LogP contribution in [-0.2, 0) is 0 Å². The Morgan fingerprint density at radius 3 is 2.13 bits per heavy atom. The number of likely N-dealkylation sites (tertiary alicyclic amines) is 1. The van der Waals surface area contributed by atoms with Crippen LogP contribution in [-0.4, -0.2) is 47.1 Å². The second kappa shape index (κ2) is 4.42. The maximum absolute atomic E-state index is 2.78. The highest BCUT2D eigenvalue weighted by molar-refractivity contribution is 4.94. The van der Waals surface area contributed by atoms with Gasteiger partial charge in [0.05, 0.1) is 0 Å². The van der Waals surface area contributed by atoms with Gasteiger partial charge in [-0.15, -0.1) is 0 Å². The van der Waals surface area contributed by atoms with Crippen LogP contribution in [0.5, 0.6) is 0 Å². The molecule has 0 saturated carbocycles. The van der Waals surface area contributed by atoms with Crippen LogP contribution in [0.25, 0.3) is 0 Å². The molecule has 2 rings (SSSR count). The van der Waals surface area contributed by atoms with E-state index in [-0.39, 0.29) is 0 Å². The van der Waals surface area contributed by atoms with E-state index in [0.717, 1.165) is 24.2 Å². The lowest BCUT2D eigenvalue weighted by molar-refractivity contribution is 0.139. The molecule has 0 aromatic heterocycles. The van der Waals surface area contributed by atoms with Gasteiger partial charge in [0.1, 0.15) is 0 Å². The fourth-order valence-corrected chi connectivity index (χ4v) is 3.45. The average Bonchev–Trinajstić information content (AvgIpc) is 2.40. The zero-order chi connectivity index (χ0) is 11.0. The van der Waals surface area contributed by atoms with Gasteiger partial charge in [-0.05, 0) is 53.5 Å². The van der Waals surface area contributed by atoms with Crippen molar-refractivity contribution in [2.24, 2.45) is 0 Å². The van der Waals surface area contributed by atoms with E-state index in [0.29, 0.717) is 0 Å². The number of rotatable bonds is 2. The molecular weight excluding hydrogens is 184 g/mol. The topological polar surface area (TPSA) is 6.48 Å². The van der Waals surface area contributed by atoms with Gasteiger partial charge in [0.2, 0.25) is 0 Å². The number of hydrogen-bond donors (Lipinski definition) is 0. The molecule has 2 saturated heterocycles. The lowest BCUT2D eigenvalue weighted by atomic mass is 10.1. The molecule has 2 bridgehead atoms. The zero-order valence-corrected chi connectivity index (χ0v) is 10.7. The Hall–Kier alpha value is -0.0800. The molecular formula is C13H26N2. The molecule has 0 spiro atoms. The quantitative estimate of drug-likeness (QED) is 0.690. The van der Waals surface area contributed by atoms with Crippen LogP contribution in [0.3, 0.4) is 0 Å². The molecule has 2 heteroatoms. The zero-order valence-electron chi connectivity index (χ0n) is 10.7. The largest absolute Gasteiger partial charge is 0.299 e. The van der Waals surface area contributed by atoms with Gasteiger partial charge in [-0.2, -0.15) is 0 Å². The van der Waals surface area contributed by atoms with E-state index in [2.05, 4.69) is 37.5 Å². The molecule has 15 heavy (non-hydrogen) atoms. The third kappa shape index (κ3) is 2.21. The Kier molecular flexibility index (Phi) is 3.36. The van der Waals surface area contributed by atoms with Gasteiger partial charge in [-0.3, -0.25) is 9.80 Å². The lowest BCUT2D eigenvalue weighted by Crippen LogP contribution is -2.44. The summed E-state index contributed by atoms with van der Waals surface area (Å²) in [4.78, 5) is 5.45. The standard InChI is InChI=1S/C13H26N2/c1-10(2)14-8-7-12-5-6-13(9-14)15(12)11(3)4/h10-13H,5-9H2,1-4H3. The molecule has 0 N–H and O–H groups in total. The normalized spacial score (nSPS) is 34.0. The Bertz CT molecular complexity index is 213. The van der Waals surface area contributed by atoms with Crippen molar-refractivity contribution in [3.63, 3.8) is 0 Å². The van der Waals surface area contributed by atoms with Crippen LogP contribution < -0.4 is 0 Å². The third-order valence-electron chi connectivity index (χ3n) is 4.20. The summed E-state index contributed by atoms with van der Waals surface area (Å²) < 4.78 is 0. The Morgan fingerprint density at radius 2 is 1.53 bits per heavy atom. The Balaban J connectivity index is 2.07. The molecule has 0 aromatic carbocycles. The summed E-state index contributed by atoms with van der Waals surface area (Å²) in [7, 11) is 0. The van der Waals surface area contributed by atoms with Crippen LogP contribution in [0.15, 0.2) is 0 Å². The predicted molar refractivity (Wildman–Crippen MR) is 65.1 cm³/mol. The van der Waals surface area contributed by atoms with Crippen molar-refractivity contribution >= 4 is 0 Å². The van der Waals surface area contributed by atoms with Gasteiger partial charge in [-0.1, -0.05) is 0 Å². The highest BCUT2D eigenvalue weighted by atomic mass is 15.3. The molecule has 2 heterocycles. The van der Waals surface area contributed by atoms with Crippen LogP contribution >= 0.6 is 0 Å². The van der Waals surface area contributed by atoms with Gasteiger partial charge in [0.25, 0.3) is 0 Å². The number of nitrogens with zero attached hydrogens (tertiary/aromatic N) is 2. The van der Waals surface area contributed by atoms with Crippen molar-refractivity contribution in [1.29, 1.82) is 0 Å². The molecule has 2 aliphatic heterocycles. The van der Waals surface area contributed by atoms with Gasteiger partial charge >= 0.3 is 0 Å². The Morgan fingerprint density at radius 1 is 0.867 bits per heavy atom. The van der Waals surface area contributed by atoms with Crippen molar-refractivity contribution in [1.82, 2.24) is 9.80 Å². The highest BCUT2D eigenvalue weighted by Crippen LogP contribution is 2.32. The van der Waals surface area contributed by atoms with Gasteiger partial charge in [-0.25, -0.2) is 0 Å². The summed E-state index contributed by atoms with van der Waals surface area (Å²) in [5.74, 6) is 0. The van der Waals surface area contributed by atoms with Crippen LogP contribution in [0.4, 0.5) is 0 Å². The summed E-state index contributed by atoms with van der Waals surface area (Å²) in [6, 6.07) is 3.16. The summed E-state index contributed by atoms with van der Waals surface area (Å²) in [5, 5.41) is 0. The molecule has 2 nitrogen and oxygen atoms in total. The van der Waals surface area contributed by atoms with Crippen LogP contribution in [0.2, 0.25) is 0 Å². The first-order valence-corrected chi connectivity index (χ1v) is 6.61. The van der Waals surface area contributed by atoms with E-state index in [1.54, 1.807) is 0 Å². The smallest absolute Gasteiger partial charge is 0.0229 e. The molecule has 0 aromatic rings. The highest BCUT2D eigenvalue weighted by Gasteiger charge is 2.38. The predicted octanol–water partition coefficient (Wildman–Crippen LogP) is 2.34. The van der Waals surface area contributed by atoms with E-state index in [1.165, 1.54) is 32.4 Å². The molecule has 2 atom stereocenters. The van der Waals surface area contributed by atoms with E-state index in [1.807, 2.05) is 0 Å². The summed E-state index contributed by atoms with van der Waals surface area (Å²) in [6.45, 7) is 12.0. The van der Waals surface area contributed by atoms with E-state index < -0.39 is 0 Å². The average molecular weight is 210 g/mol. The van der Waals surface area contributed by atoms with E-state index >= 15 is 0 Å². The van der Waals surface area contributed by atoms with Crippen LogP contribution in [0.1, 0.15) is 47.0 Å². The lowest BCUT2D eigenvalue weighted by Gasteiger charge is -2.33. The summed E-state index contributed by atoms with van der Waals surface area (Å²) in [5.41, 5.74) is 0. The van der Waals surface area contributed by atoms with E-state index in [4.69, 9.17) is 0 Å². The minimum absolute atomic E-state index is 0.721. The first-order chi connectivity index (χ1) is 7.09. The van der Waals surface area contributed by atoms with Crippen molar-refractivity contribution in [3.8, 4) is 0 Å². The summed E-state index contributed by atoms with van der Waals surface area (Å²) in [6.07, 6.45) is 4.24. The maximum Gasteiger partial charge on any atom is 0.0229 e. The van der Waals surface area contributed by atoms with Crippen molar-refractivity contribution in [2.45, 2.75) is 71.1 Å². The van der Waals surface area contributed by atoms with Gasteiger partial charge < -0.3 is 0 Å². The summed E-state index contributed by atoms with van der Waals surface area (Å²) >= 11 is 0. The first-order valence-electron chi connectivity index (χ1n) is 6.61. The molecule has 2 fully saturated rings. The molecule has 2 aliphatic rings. The Labute approximate surface area is 94.6 Å². The fourth-order valence-electron chi connectivity index (χ4n) is 3.45.